The lowest BCUT2D eigenvalue weighted by Gasteiger charge is -2.39. The number of pyridine rings is 2. The maximum atomic E-state index is 15.0. The molecule has 1 saturated carbocycles. The lowest BCUT2D eigenvalue weighted by molar-refractivity contribution is 0.136. The van der Waals surface area contributed by atoms with E-state index in [9.17, 15) is 19.1 Å². The van der Waals surface area contributed by atoms with E-state index in [2.05, 4.69) is 9.97 Å². The summed E-state index contributed by atoms with van der Waals surface area (Å²) in [5, 5.41) is 10.3. The third kappa shape index (κ3) is 4.96. The predicted octanol–water partition coefficient (Wildman–Crippen LogP) is 5.49. The smallest absolute Gasteiger partial charge is 0.407 e. The van der Waals surface area contributed by atoms with Crippen molar-refractivity contribution in [2.75, 3.05) is 31.6 Å². The monoisotopic (exact) mass is 586 g/mol. The number of halogens is 1. The van der Waals surface area contributed by atoms with Crippen molar-refractivity contribution in [2.45, 2.75) is 58.4 Å². The fraction of sp³-hybridized carbons (Fsp3) is 0.406. The van der Waals surface area contributed by atoms with Crippen LogP contribution in [0, 0.1) is 12.7 Å². The predicted molar refractivity (Wildman–Crippen MR) is 162 cm³/mol. The first-order valence-corrected chi connectivity index (χ1v) is 14.6. The largest absolute Gasteiger partial charge is 0.493 e. The molecule has 0 spiro atoms. The Kier molecular flexibility index (Phi) is 7.27. The lowest BCUT2D eigenvalue weighted by atomic mass is 9.99. The van der Waals surface area contributed by atoms with Gasteiger partial charge in [-0.3, -0.25) is 4.98 Å². The maximum Gasteiger partial charge on any atom is 0.407 e. The minimum atomic E-state index is -0.973. The second kappa shape index (κ2) is 10.9. The molecule has 1 aromatic carbocycles. The van der Waals surface area contributed by atoms with Crippen LogP contribution in [0.15, 0.2) is 41.3 Å². The zero-order chi connectivity index (χ0) is 30.6. The van der Waals surface area contributed by atoms with Crippen molar-refractivity contribution in [3.63, 3.8) is 0 Å². The molecule has 3 aromatic heterocycles. The summed E-state index contributed by atoms with van der Waals surface area (Å²) < 4.78 is 22.0. The Morgan fingerprint density at radius 3 is 2.58 bits per heavy atom. The van der Waals surface area contributed by atoms with Crippen LogP contribution >= 0.6 is 0 Å². The molecule has 1 atom stereocenters. The van der Waals surface area contributed by atoms with Crippen LogP contribution in [0.25, 0.3) is 28.0 Å². The summed E-state index contributed by atoms with van der Waals surface area (Å²) in [6, 6.07) is 8.44. The van der Waals surface area contributed by atoms with Crippen LogP contribution in [0.1, 0.15) is 62.3 Å². The van der Waals surface area contributed by atoms with Gasteiger partial charge in [-0.2, -0.15) is 4.98 Å². The van der Waals surface area contributed by atoms with Crippen LogP contribution in [-0.4, -0.2) is 68.4 Å². The number of carbonyl (C=O) groups is 1. The number of benzene rings is 1. The molecule has 6 rings (SSSR count). The molecule has 0 radical (unpaired) electrons. The van der Waals surface area contributed by atoms with Crippen molar-refractivity contribution < 1.29 is 19.0 Å². The lowest BCUT2D eigenvalue weighted by Crippen LogP contribution is -2.54. The van der Waals surface area contributed by atoms with E-state index in [1.165, 1.54) is 22.6 Å². The number of piperazine rings is 1. The zero-order valence-electron chi connectivity index (χ0n) is 25.0. The molecule has 11 heteroatoms. The second-order valence-corrected chi connectivity index (χ2v) is 11.7. The highest BCUT2D eigenvalue weighted by Gasteiger charge is 2.34. The first kappa shape index (κ1) is 28.6. The summed E-state index contributed by atoms with van der Waals surface area (Å²) in [4.78, 5) is 43.6. The van der Waals surface area contributed by atoms with Gasteiger partial charge in [0.2, 0.25) is 0 Å². The van der Waals surface area contributed by atoms with Crippen molar-refractivity contribution >= 4 is 22.9 Å². The number of rotatable bonds is 6. The minimum absolute atomic E-state index is 0.00849. The molecule has 1 N–H and O–H groups in total. The Hall–Kier alpha value is -4.54. The van der Waals surface area contributed by atoms with E-state index in [0.29, 0.717) is 40.3 Å². The summed E-state index contributed by atoms with van der Waals surface area (Å²) in [5.41, 5.74) is 4.08. The van der Waals surface area contributed by atoms with E-state index in [1.54, 1.807) is 18.3 Å². The molecule has 10 nitrogen and oxygen atoms in total. The Bertz CT molecular complexity index is 1800. The van der Waals surface area contributed by atoms with Crippen LogP contribution in [-0.2, 0) is 0 Å². The maximum absolute atomic E-state index is 15.0. The molecule has 224 valence electrons. The van der Waals surface area contributed by atoms with Gasteiger partial charge in [-0.25, -0.2) is 23.5 Å². The van der Waals surface area contributed by atoms with Gasteiger partial charge in [-0.05, 0) is 73.9 Å². The average Bonchev–Trinajstić information content (AvgIpc) is 3.82. The van der Waals surface area contributed by atoms with Gasteiger partial charge in [-0.1, -0.05) is 19.9 Å². The van der Waals surface area contributed by atoms with Crippen LogP contribution < -0.4 is 15.3 Å². The SMILES string of the molecule is COc1c(F)cccc1-c1nc2c(cc1C1CC1)c(N1CCN(C(=O)O)C[C@@H]1C)nc(=O)n2-c1c(C)ccnc1C(C)C. The number of hydrogen-bond acceptors (Lipinski definition) is 7. The summed E-state index contributed by atoms with van der Waals surface area (Å²) in [7, 11) is 1.43. The molecule has 1 aliphatic carbocycles. The number of amides is 1. The van der Waals surface area contributed by atoms with Gasteiger partial charge < -0.3 is 19.6 Å². The summed E-state index contributed by atoms with van der Waals surface area (Å²) in [6.45, 7) is 8.83. The van der Waals surface area contributed by atoms with Crippen molar-refractivity contribution in [2.24, 2.45) is 0 Å². The van der Waals surface area contributed by atoms with E-state index in [0.717, 1.165) is 29.7 Å². The van der Waals surface area contributed by atoms with Crippen molar-refractivity contribution in [3.05, 3.63) is 69.7 Å². The van der Waals surface area contributed by atoms with Crippen molar-refractivity contribution in [1.82, 2.24) is 24.4 Å². The highest BCUT2D eigenvalue weighted by molar-refractivity contribution is 5.92. The van der Waals surface area contributed by atoms with Crippen molar-refractivity contribution in [3.8, 4) is 22.7 Å². The van der Waals surface area contributed by atoms with Crippen LogP contribution in [0.4, 0.5) is 15.0 Å². The third-order valence-corrected chi connectivity index (χ3v) is 8.42. The third-order valence-electron chi connectivity index (χ3n) is 8.42. The number of methoxy groups -OCH3 is 1. The Morgan fingerprint density at radius 2 is 1.93 bits per heavy atom. The number of anilines is 1. The van der Waals surface area contributed by atoms with Gasteiger partial charge in [0.15, 0.2) is 17.2 Å². The van der Waals surface area contributed by atoms with E-state index in [1.807, 2.05) is 44.7 Å². The molecular formula is C32H35FN6O4. The second-order valence-electron chi connectivity index (χ2n) is 11.7. The first-order chi connectivity index (χ1) is 20.6. The molecule has 4 heterocycles. The summed E-state index contributed by atoms with van der Waals surface area (Å²) >= 11 is 0. The van der Waals surface area contributed by atoms with Gasteiger partial charge in [-0.15, -0.1) is 0 Å². The normalized spacial score (nSPS) is 17.1. The fourth-order valence-electron chi connectivity index (χ4n) is 6.12. The van der Waals surface area contributed by atoms with Gasteiger partial charge in [0.25, 0.3) is 0 Å². The van der Waals surface area contributed by atoms with E-state index >= 15 is 0 Å². The van der Waals surface area contributed by atoms with Crippen LogP contribution in [0.3, 0.4) is 0 Å². The summed E-state index contributed by atoms with van der Waals surface area (Å²) in [6.07, 6.45) is 2.69. The first-order valence-electron chi connectivity index (χ1n) is 14.6. The molecule has 1 amide bonds. The molecule has 2 fully saturated rings. The summed E-state index contributed by atoms with van der Waals surface area (Å²) in [5.74, 6) is 0.300. The highest BCUT2D eigenvalue weighted by atomic mass is 19.1. The fourth-order valence-corrected chi connectivity index (χ4v) is 6.12. The van der Waals surface area contributed by atoms with Crippen LogP contribution in [0.2, 0.25) is 0 Å². The Morgan fingerprint density at radius 1 is 1.16 bits per heavy atom. The van der Waals surface area contributed by atoms with Gasteiger partial charge in [0.05, 0.1) is 29.6 Å². The molecule has 0 unspecified atom stereocenters. The molecule has 4 aromatic rings. The average molecular weight is 587 g/mol. The van der Waals surface area contributed by atoms with E-state index < -0.39 is 17.6 Å². The van der Waals surface area contributed by atoms with Crippen molar-refractivity contribution in [1.29, 1.82) is 0 Å². The molecule has 43 heavy (non-hydrogen) atoms. The molecule has 1 aliphatic heterocycles. The number of ether oxygens (including phenoxy) is 1. The number of aromatic nitrogens is 4. The number of fused-ring (bicyclic) bond motifs is 1. The standard InChI is InChI=1S/C32H35FN6O4/c1-17(2)25-27(18(3)11-12-34-25)39-30-23(29(36-31(39)40)38-14-13-37(32(41)42)16-19(38)4)15-22(20-9-10-20)26(35-30)21-7-6-8-24(33)28(21)43-5/h6-8,11-12,15,17,19-20H,9-10,13-14,16H2,1-5H3,(H,41,42)/t19-/m0/s1. The van der Waals surface area contributed by atoms with Gasteiger partial charge in [0, 0.05) is 37.4 Å². The number of aryl methyl sites for hydroxylation is 1. The minimum Gasteiger partial charge on any atom is -0.493 e. The molecule has 1 saturated heterocycles. The zero-order valence-corrected chi connectivity index (χ0v) is 25.0. The van der Waals surface area contributed by atoms with Crippen LogP contribution in [0.5, 0.6) is 5.75 Å². The topological polar surface area (TPSA) is 114 Å². The highest BCUT2D eigenvalue weighted by Crippen LogP contribution is 2.47. The molecule has 2 aliphatic rings. The molecular weight excluding hydrogens is 551 g/mol. The Balaban J connectivity index is 1.70. The quantitative estimate of drug-likeness (QED) is 0.316. The number of nitrogens with zero attached hydrogens (tertiary/aromatic N) is 6. The van der Waals surface area contributed by atoms with E-state index in [-0.39, 0.29) is 36.7 Å². The van der Waals surface area contributed by atoms with Gasteiger partial charge in [0.1, 0.15) is 5.82 Å². The van der Waals surface area contributed by atoms with Gasteiger partial charge >= 0.3 is 11.8 Å². The molecule has 0 bridgehead atoms. The van der Waals surface area contributed by atoms with E-state index in [4.69, 9.17) is 9.72 Å². The Labute approximate surface area is 248 Å². The number of hydrogen-bond donors (Lipinski definition) is 1. The number of para-hydroxylation sites is 1. The number of carboxylic acid groups (broad SMARTS) is 1.